The molecule has 0 saturated heterocycles. The maximum Gasteiger partial charge on any atom is 0.387 e. The van der Waals surface area contributed by atoms with Crippen molar-refractivity contribution < 1.29 is 13.5 Å². The van der Waals surface area contributed by atoms with E-state index in [2.05, 4.69) is 4.74 Å². The number of fused-ring (bicyclic) bond motifs is 1. The van der Waals surface area contributed by atoms with Crippen LogP contribution >= 0.6 is 0 Å². The highest BCUT2D eigenvalue weighted by Crippen LogP contribution is 2.30. The molecule has 0 spiro atoms. The average molecular weight is 213 g/mol. The third-order valence-electron chi connectivity index (χ3n) is 2.70. The molecular formula is C11H13F2NO. The summed E-state index contributed by atoms with van der Waals surface area (Å²) >= 11 is 0. The lowest BCUT2D eigenvalue weighted by molar-refractivity contribution is -0.0499. The first kappa shape index (κ1) is 10.4. The van der Waals surface area contributed by atoms with E-state index in [1.807, 2.05) is 0 Å². The predicted octanol–water partition coefficient (Wildman–Crippen LogP) is 2.62. The average Bonchev–Trinajstić information content (AvgIpc) is 2.17. The smallest absolute Gasteiger partial charge is 0.387 e. The van der Waals surface area contributed by atoms with Gasteiger partial charge in [-0.1, -0.05) is 6.07 Å². The van der Waals surface area contributed by atoms with E-state index in [1.54, 1.807) is 18.2 Å². The highest BCUT2D eigenvalue weighted by atomic mass is 19.3. The van der Waals surface area contributed by atoms with Crippen LogP contribution in [0.5, 0.6) is 5.75 Å². The Labute approximate surface area is 87.0 Å². The van der Waals surface area contributed by atoms with Crippen LogP contribution in [-0.2, 0) is 6.42 Å². The number of hydrogen-bond donors (Lipinski definition) is 1. The third-order valence-corrected chi connectivity index (χ3v) is 2.70. The van der Waals surface area contributed by atoms with Gasteiger partial charge in [-0.25, -0.2) is 0 Å². The van der Waals surface area contributed by atoms with Crippen molar-refractivity contribution in [3.63, 3.8) is 0 Å². The zero-order chi connectivity index (χ0) is 10.8. The van der Waals surface area contributed by atoms with Crippen molar-refractivity contribution in [2.75, 3.05) is 0 Å². The van der Waals surface area contributed by atoms with Crippen LogP contribution in [0.25, 0.3) is 0 Å². The Bertz CT molecular complexity index is 354. The number of hydrogen-bond acceptors (Lipinski definition) is 2. The van der Waals surface area contributed by atoms with E-state index < -0.39 is 6.61 Å². The van der Waals surface area contributed by atoms with Gasteiger partial charge in [0.15, 0.2) is 0 Å². The van der Waals surface area contributed by atoms with Gasteiger partial charge in [0.05, 0.1) is 0 Å². The Kier molecular flexibility index (Phi) is 2.86. The first-order chi connectivity index (χ1) is 7.16. The molecule has 0 aromatic heterocycles. The van der Waals surface area contributed by atoms with Crippen molar-refractivity contribution in [3.8, 4) is 5.75 Å². The summed E-state index contributed by atoms with van der Waals surface area (Å²) in [5.74, 6) is 0.220. The standard InChI is InChI=1S/C11H13F2NO/c12-11(13)15-8-4-5-9-7(6-8)2-1-3-10(9)14/h4-6,10-11H,1-3,14H2/t10-/m0/s1. The van der Waals surface area contributed by atoms with Gasteiger partial charge in [-0.05, 0) is 42.5 Å². The topological polar surface area (TPSA) is 35.2 Å². The minimum absolute atomic E-state index is 0.0364. The first-order valence-corrected chi connectivity index (χ1v) is 5.00. The second-order valence-electron chi connectivity index (χ2n) is 3.74. The Balaban J connectivity index is 2.25. The van der Waals surface area contributed by atoms with Crippen LogP contribution in [0.1, 0.15) is 30.0 Å². The molecule has 0 bridgehead atoms. The number of alkyl halides is 2. The molecule has 0 heterocycles. The molecule has 2 rings (SSSR count). The maximum absolute atomic E-state index is 12.0. The summed E-state index contributed by atoms with van der Waals surface area (Å²) in [6, 6.07) is 5.04. The van der Waals surface area contributed by atoms with Crippen LogP contribution in [0.2, 0.25) is 0 Å². The van der Waals surface area contributed by atoms with E-state index in [-0.39, 0.29) is 11.8 Å². The molecule has 82 valence electrons. The molecule has 2 N–H and O–H groups in total. The summed E-state index contributed by atoms with van der Waals surface area (Å²) in [5.41, 5.74) is 8.00. The highest BCUT2D eigenvalue weighted by molar-refractivity contribution is 5.38. The number of rotatable bonds is 2. The Morgan fingerprint density at radius 1 is 1.40 bits per heavy atom. The highest BCUT2D eigenvalue weighted by Gasteiger charge is 2.17. The molecule has 0 fully saturated rings. The lowest BCUT2D eigenvalue weighted by Crippen LogP contribution is -2.17. The largest absolute Gasteiger partial charge is 0.435 e. The van der Waals surface area contributed by atoms with Crippen molar-refractivity contribution in [1.82, 2.24) is 0 Å². The first-order valence-electron chi connectivity index (χ1n) is 5.00. The Morgan fingerprint density at radius 2 is 2.20 bits per heavy atom. The van der Waals surface area contributed by atoms with Gasteiger partial charge in [0, 0.05) is 6.04 Å². The van der Waals surface area contributed by atoms with Crippen LogP contribution in [0.15, 0.2) is 18.2 Å². The van der Waals surface area contributed by atoms with Crippen molar-refractivity contribution in [1.29, 1.82) is 0 Å². The summed E-state index contributed by atoms with van der Waals surface area (Å²) in [6.45, 7) is -2.76. The summed E-state index contributed by atoms with van der Waals surface area (Å²) in [7, 11) is 0. The quantitative estimate of drug-likeness (QED) is 0.819. The van der Waals surface area contributed by atoms with Gasteiger partial charge >= 0.3 is 6.61 Å². The van der Waals surface area contributed by atoms with E-state index in [9.17, 15) is 8.78 Å². The van der Waals surface area contributed by atoms with Gasteiger partial charge in [0.2, 0.25) is 0 Å². The molecule has 1 aromatic rings. The van der Waals surface area contributed by atoms with Gasteiger partial charge in [-0.2, -0.15) is 8.78 Å². The second-order valence-corrected chi connectivity index (χ2v) is 3.74. The Hall–Kier alpha value is -1.16. The molecule has 0 unspecified atom stereocenters. The van der Waals surface area contributed by atoms with Gasteiger partial charge in [0.1, 0.15) is 5.75 Å². The summed E-state index contributed by atoms with van der Waals surface area (Å²) in [5, 5.41) is 0. The minimum atomic E-state index is -2.76. The normalized spacial score (nSPS) is 20.1. The van der Waals surface area contributed by atoms with Crippen LogP contribution in [-0.4, -0.2) is 6.61 Å². The van der Waals surface area contributed by atoms with Crippen molar-refractivity contribution in [2.45, 2.75) is 31.9 Å². The van der Waals surface area contributed by atoms with Crippen molar-refractivity contribution in [3.05, 3.63) is 29.3 Å². The molecule has 1 aliphatic carbocycles. The van der Waals surface area contributed by atoms with Crippen LogP contribution in [0.4, 0.5) is 8.78 Å². The second kappa shape index (κ2) is 4.14. The zero-order valence-corrected chi connectivity index (χ0v) is 8.25. The van der Waals surface area contributed by atoms with E-state index in [4.69, 9.17) is 5.73 Å². The molecule has 0 saturated carbocycles. The lowest BCUT2D eigenvalue weighted by Gasteiger charge is -2.22. The SMILES string of the molecule is N[C@H]1CCCc2cc(OC(F)F)ccc21. The van der Waals surface area contributed by atoms with Crippen LogP contribution in [0.3, 0.4) is 0 Å². The number of halogens is 2. The monoisotopic (exact) mass is 213 g/mol. The van der Waals surface area contributed by atoms with Crippen molar-refractivity contribution in [2.24, 2.45) is 5.73 Å². The molecule has 0 amide bonds. The molecule has 1 aromatic carbocycles. The molecule has 1 aliphatic rings. The fourth-order valence-corrected chi connectivity index (χ4v) is 2.00. The molecule has 15 heavy (non-hydrogen) atoms. The zero-order valence-electron chi connectivity index (χ0n) is 8.25. The van der Waals surface area contributed by atoms with Gasteiger partial charge in [-0.3, -0.25) is 0 Å². The number of benzene rings is 1. The number of ether oxygens (including phenoxy) is 1. The molecule has 0 radical (unpaired) electrons. The maximum atomic E-state index is 12.0. The summed E-state index contributed by atoms with van der Waals surface area (Å²) < 4.78 is 28.3. The molecular weight excluding hydrogens is 200 g/mol. The molecule has 0 aliphatic heterocycles. The van der Waals surface area contributed by atoms with Crippen LogP contribution < -0.4 is 10.5 Å². The van der Waals surface area contributed by atoms with Crippen LogP contribution in [0, 0.1) is 0 Å². The molecule has 2 nitrogen and oxygen atoms in total. The summed E-state index contributed by atoms with van der Waals surface area (Å²) in [6.07, 6.45) is 2.86. The van der Waals surface area contributed by atoms with Gasteiger partial charge in [0.25, 0.3) is 0 Å². The van der Waals surface area contributed by atoms with Crippen molar-refractivity contribution >= 4 is 0 Å². The van der Waals surface area contributed by atoms with Gasteiger partial charge < -0.3 is 10.5 Å². The Morgan fingerprint density at radius 3 is 2.93 bits per heavy atom. The molecule has 4 heteroatoms. The fraction of sp³-hybridized carbons (Fsp3) is 0.455. The minimum Gasteiger partial charge on any atom is -0.435 e. The van der Waals surface area contributed by atoms with E-state index in [0.717, 1.165) is 30.4 Å². The lowest BCUT2D eigenvalue weighted by atomic mass is 9.88. The van der Waals surface area contributed by atoms with E-state index in [0.29, 0.717) is 0 Å². The van der Waals surface area contributed by atoms with E-state index >= 15 is 0 Å². The predicted molar refractivity (Wildman–Crippen MR) is 52.9 cm³/mol. The van der Waals surface area contributed by atoms with Gasteiger partial charge in [-0.15, -0.1) is 0 Å². The van der Waals surface area contributed by atoms with E-state index in [1.165, 1.54) is 0 Å². The summed E-state index contributed by atoms with van der Waals surface area (Å²) in [4.78, 5) is 0. The number of nitrogens with two attached hydrogens (primary N) is 1. The molecule has 1 atom stereocenters. The number of aryl methyl sites for hydroxylation is 1. The third kappa shape index (κ3) is 2.26. The fourth-order valence-electron chi connectivity index (χ4n) is 2.00.